The molecule has 2 heterocycles. The van der Waals surface area contributed by atoms with Crippen molar-refractivity contribution in [2.24, 2.45) is 0 Å². The third-order valence-corrected chi connectivity index (χ3v) is 5.60. The Hall–Kier alpha value is -3.91. The van der Waals surface area contributed by atoms with E-state index in [4.69, 9.17) is 20.8 Å². The van der Waals surface area contributed by atoms with Gasteiger partial charge in [-0.1, -0.05) is 23.7 Å². The fraction of sp³-hybridized carbons (Fsp3) is 0.200. The Bertz CT molecular complexity index is 1210. The van der Waals surface area contributed by atoms with E-state index in [1.807, 2.05) is 0 Å². The van der Waals surface area contributed by atoms with Crippen LogP contribution in [0.4, 0.5) is 5.69 Å². The zero-order valence-electron chi connectivity index (χ0n) is 18.3. The molecule has 9 heteroatoms. The van der Waals surface area contributed by atoms with Crippen LogP contribution < -0.4 is 9.64 Å². The molecule has 8 nitrogen and oxygen atoms in total. The lowest BCUT2D eigenvalue weighted by Gasteiger charge is -2.27. The first-order valence-corrected chi connectivity index (χ1v) is 10.9. The Morgan fingerprint density at radius 3 is 2.41 bits per heavy atom. The van der Waals surface area contributed by atoms with Gasteiger partial charge < -0.3 is 14.1 Å². The summed E-state index contributed by atoms with van der Waals surface area (Å²) >= 11 is 5.93. The molecule has 34 heavy (non-hydrogen) atoms. The number of ether oxygens (including phenoxy) is 1. The molecule has 1 aliphatic rings. The van der Waals surface area contributed by atoms with Crippen LogP contribution in [0, 0.1) is 0 Å². The highest BCUT2D eigenvalue weighted by Gasteiger charge is 2.44. The first-order valence-electron chi connectivity index (χ1n) is 10.5. The number of benzene rings is 2. The van der Waals surface area contributed by atoms with Gasteiger partial charge in [0.25, 0.3) is 5.91 Å². The molecule has 1 aromatic heterocycles. The van der Waals surface area contributed by atoms with E-state index in [1.165, 1.54) is 42.4 Å². The molecule has 4 rings (SSSR count). The van der Waals surface area contributed by atoms with Crippen LogP contribution in [0.15, 0.2) is 71.3 Å². The average molecular weight is 481 g/mol. The summed E-state index contributed by atoms with van der Waals surface area (Å²) in [5.41, 5.74) is 1.06. The maximum absolute atomic E-state index is 13.3. The molecular weight excluding hydrogens is 460 g/mol. The van der Waals surface area contributed by atoms with Gasteiger partial charge in [-0.2, -0.15) is 0 Å². The number of carbonyl (C=O) groups is 4. The quantitative estimate of drug-likeness (QED) is 0.290. The van der Waals surface area contributed by atoms with Crippen molar-refractivity contribution in [3.8, 4) is 5.75 Å². The normalized spacial score (nSPS) is 15.5. The number of rotatable bonds is 7. The van der Waals surface area contributed by atoms with Crippen LogP contribution in [0.25, 0.3) is 0 Å². The molecule has 0 N–H and O–H groups in total. The van der Waals surface area contributed by atoms with Gasteiger partial charge in [0.2, 0.25) is 11.8 Å². The lowest BCUT2D eigenvalue weighted by atomic mass is 10.1. The van der Waals surface area contributed by atoms with Crippen molar-refractivity contribution in [2.75, 3.05) is 4.90 Å². The molecule has 174 valence electrons. The minimum Gasteiger partial charge on any atom is -0.467 e. The molecule has 0 spiro atoms. The predicted octanol–water partition coefficient (Wildman–Crippen LogP) is 3.76. The van der Waals surface area contributed by atoms with Crippen LogP contribution in [-0.4, -0.2) is 34.6 Å². The van der Waals surface area contributed by atoms with E-state index in [2.05, 4.69) is 0 Å². The van der Waals surface area contributed by atoms with Gasteiger partial charge in [-0.05, 0) is 54.1 Å². The van der Waals surface area contributed by atoms with Crippen LogP contribution in [-0.2, 0) is 32.1 Å². The van der Waals surface area contributed by atoms with Gasteiger partial charge >= 0.3 is 5.97 Å². The number of imide groups is 1. The maximum atomic E-state index is 13.3. The number of hydrogen-bond acceptors (Lipinski definition) is 6. The van der Waals surface area contributed by atoms with Crippen molar-refractivity contribution in [1.82, 2.24) is 4.90 Å². The number of carbonyl (C=O) groups excluding carboxylic acids is 4. The van der Waals surface area contributed by atoms with Crippen molar-refractivity contribution in [1.29, 1.82) is 0 Å². The summed E-state index contributed by atoms with van der Waals surface area (Å²) < 4.78 is 10.4. The van der Waals surface area contributed by atoms with E-state index in [9.17, 15) is 19.2 Å². The Morgan fingerprint density at radius 1 is 1.09 bits per heavy atom. The monoisotopic (exact) mass is 480 g/mol. The van der Waals surface area contributed by atoms with Crippen LogP contribution in [0.5, 0.6) is 5.75 Å². The minimum atomic E-state index is -0.981. The second kappa shape index (κ2) is 9.93. The van der Waals surface area contributed by atoms with Crippen molar-refractivity contribution < 1.29 is 28.3 Å². The molecule has 0 radical (unpaired) electrons. The average Bonchev–Trinajstić information content (AvgIpc) is 3.41. The second-order valence-corrected chi connectivity index (χ2v) is 8.22. The zero-order chi connectivity index (χ0) is 24.2. The van der Waals surface area contributed by atoms with Gasteiger partial charge in [0.1, 0.15) is 17.6 Å². The Balaban J connectivity index is 1.57. The van der Waals surface area contributed by atoms with Crippen LogP contribution in [0.1, 0.15) is 24.7 Å². The highest BCUT2D eigenvalue weighted by atomic mass is 35.5. The molecule has 1 atom stereocenters. The van der Waals surface area contributed by atoms with Gasteiger partial charge in [-0.3, -0.25) is 19.2 Å². The molecule has 3 aromatic rings. The summed E-state index contributed by atoms with van der Waals surface area (Å²) in [4.78, 5) is 53.0. The summed E-state index contributed by atoms with van der Waals surface area (Å²) in [7, 11) is 0. The fourth-order valence-electron chi connectivity index (χ4n) is 3.78. The minimum absolute atomic E-state index is 0.0347. The standard InChI is InChI=1S/C25H21ClN2O6/c1-16(29)34-20-10-8-19(9-11-20)28-24(31)14-22(25(28)32)27(15-21-3-2-12-33-21)23(30)13-17-4-6-18(26)7-5-17/h2-12,22H,13-15H2,1H3. The van der Waals surface area contributed by atoms with Crippen LogP contribution in [0.2, 0.25) is 5.02 Å². The molecule has 2 aromatic carbocycles. The summed E-state index contributed by atoms with van der Waals surface area (Å²) in [6.45, 7) is 1.32. The molecular formula is C25H21ClN2O6. The van der Waals surface area contributed by atoms with Gasteiger partial charge in [0.05, 0.1) is 31.3 Å². The molecule has 0 saturated carbocycles. The van der Waals surface area contributed by atoms with Crippen molar-refractivity contribution in [3.05, 3.63) is 83.3 Å². The summed E-state index contributed by atoms with van der Waals surface area (Å²) in [5, 5.41) is 0.551. The number of furan rings is 1. The number of amides is 3. The topological polar surface area (TPSA) is 97.1 Å². The number of hydrogen-bond donors (Lipinski definition) is 0. The number of halogens is 1. The van der Waals surface area contributed by atoms with E-state index in [0.29, 0.717) is 22.2 Å². The molecule has 1 saturated heterocycles. The van der Waals surface area contributed by atoms with E-state index >= 15 is 0 Å². The van der Waals surface area contributed by atoms with Gasteiger partial charge in [0.15, 0.2) is 0 Å². The summed E-state index contributed by atoms with van der Waals surface area (Å²) in [6, 6.07) is 15.3. The molecule has 0 aliphatic carbocycles. The number of anilines is 1. The lowest BCUT2D eigenvalue weighted by molar-refractivity contribution is -0.138. The third kappa shape index (κ3) is 5.18. The van der Waals surface area contributed by atoms with Gasteiger partial charge in [-0.25, -0.2) is 4.90 Å². The number of esters is 1. The Labute approximate surface area is 200 Å². The third-order valence-electron chi connectivity index (χ3n) is 5.35. The van der Waals surface area contributed by atoms with Crippen molar-refractivity contribution in [2.45, 2.75) is 32.4 Å². The SMILES string of the molecule is CC(=O)Oc1ccc(N2C(=O)CC(N(Cc3ccco3)C(=O)Cc3ccc(Cl)cc3)C2=O)cc1. The Kier molecular flexibility index (Phi) is 6.79. The van der Waals surface area contributed by atoms with Crippen molar-refractivity contribution >= 4 is 41.0 Å². The highest BCUT2D eigenvalue weighted by Crippen LogP contribution is 2.29. The first kappa shape index (κ1) is 23.3. The molecule has 1 fully saturated rings. The summed E-state index contributed by atoms with van der Waals surface area (Å²) in [5.74, 6) is -0.954. The second-order valence-electron chi connectivity index (χ2n) is 7.78. The van der Waals surface area contributed by atoms with Crippen LogP contribution >= 0.6 is 11.6 Å². The lowest BCUT2D eigenvalue weighted by Crippen LogP contribution is -2.45. The molecule has 3 amide bonds. The van der Waals surface area contributed by atoms with Gasteiger partial charge in [0, 0.05) is 11.9 Å². The summed E-state index contributed by atoms with van der Waals surface area (Å²) in [6.07, 6.45) is 1.36. The largest absolute Gasteiger partial charge is 0.467 e. The smallest absolute Gasteiger partial charge is 0.308 e. The predicted molar refractivity (Wildman–Crippen MR) is 123 cm³/mol. The highest BCUT2D eigenvalue weighted by molar-refractivity contribution is 6.30. The van der Waals surface area contributed by atoms with Crippen LogP contribution in [0.3, 0.4) is 0 Å². The number of nitrogens with zero attached hydrogens (tertiary/aromatic N) is 2. The fourth-order valence-corrected chi connectivity index (χ4v) is 3.91. The molecule has 0 bridgehead atoms. The molecule has 1 aliphatic heterocycles. The molecule has 1 unspecified atom stereocenters. The Morgan fingerprint density at radius 2 is 1.79 bits per heavy atom. The van der Waals surface area contributed by atoms with E-state index in [0.717, 1.165) is 10.5 Å². The van der Waals surface area contributed by atoms with Gasteiger partial charge in [-0.15, -0.1) is 0 Å². The van der Waals surface area contributed by atoms with Crippen molar-refractivity contribution in [3.63, 3.8) is 0 Å². The zero-order valence-corrected chi connectivity index (χ0v) is 19.0. The van der Waals surface area contributed by atoms with E-state index < -0.39 is 23.8 Å². The maximum Gasteiger partial charge on any atom is 0.308 e. The van der Waals surface area contributed by atoms with E-state index in [1.54, 1.807) is 36.4 Å². The van der Waals surface area contributed by atoms with E-state index in [-0.39, 0.29) is 25.3 Å². The first-order chi connectivity index (χ1) is 16.3.